The lowest BCUT2D eigenvalue weighted by molar-refractivity contribution is -0.167. The highest BCUT2D eigenvalue weighted by Gasteiger charge is 2.19. The third kappa shape index (κ3) is 53.6. The van der Waals surface area contributed by atoms with Crippen molar-refractivity contribution in [3.63, 3.8) is 0 Å². The summed E-state index contributed by atoms with van der Waals surface area (Å²) in [6.45, 7) is 11.5. The predicted octanol–water partition coefficient (Wildman–Crippen LogP) is 20.0. The van der Waals surface area contributed by atoms with E-state index in [4.69, 9.17) is 14.2 Å². The minimum absolute atomic E-state index is 0.0622. The molecule has 0 rings (SSSR count). The van der Waals surface area contributed by atoms with E-state index in [1.807, 2.05) is 0 Å². The predicted molar refractivity (Wildman–Crippen MR) is 289 cm³/mol. The SMILES string of the molecule is CCCCCCCCCCCCCCCCC(=O)OC[C@H](COC(=O)CCCCCCCCCCCCCCCCC(C)CC)OC(=O)CCCCCCCCCCCCCCCCC(C)C. The fraction of sp³-hybridized carbons (Fsp3) is 0.951. The topological polar surface area (TPSA) is 78.9 Å². The number of carbonyl (C=O) groups excluding carboxylic acids is 3. The summed E-state index contributed by atoms with van der Waals surface area (Å²) in [6, 6.07) is 0. The van der Waals surface area contributed by atoms with Crippen LogP contribution in [-0.4, -0.2) is 37.2 Å². The Morgan fingerprint density at radius 1 is 0.313 bits per heavy atom. The highest BCUT2D eigenvalue weighted by atomic mass is 16.6. The molecule has 67 heavy (non-hydrogen) atoms. The number of hydrogen-bond donors (Lipinski definition) is 0. The number of unbranched alkanes of at least 4 members (excludes halogenated alkanes) is 39. The van der Waals surface area contributed by atoms with Gasteiger partial charge in [-0.25, -0.2) is 0 Å². The molecule has 0 saturated carbocycles. The fourth-order valence-corrected chi connectivity index (χ4v) is 9.37. The molecule has 0 aromatic carbocycles. The third-order valence-electron chi connectivity index (χ3n) is 14.3. The molecule has 0 N–H and O–H groups in total. The fourth-order valence-electron chi connectivity index (χ4n) is 9.37. The maximum atomic E-state index is 12.9. The number of hydrogen-bond acceptors (Lipinski definition) is 6. The maximum Gasteiger partial charge on any atom is 0.306 e. The van der Waals surface area contributed by atoms with Gasteiger partial charge in [-0.05, 0) is 31.1 Å². The third-order valence-corrected chi connectivity index (χ3v) is 14.3. The molecule has 398 valence electrons. The summed E-state index contributed by atoms with van der Waals surface area (Å²) in [5.41, 5.74) is 0. The minimum atomic E-state index is -0.763. The molecular weight excluding hydrogens is 829 g/mol. The molecule has 0 bridgehead atoms. The van der Waals surface area contributed by atoms with E-state index in [1.165, 1.54) is 231 Å². The zero-order valence-electron chi connectivity index (χ0n) is 46.0. The molecule has 6 nitrogen and oxygen atoms in total. The molecule has 0 radical (unpaired) electrons. The summed E-state index contributed by atoms with van der Waals surface area (Å²) < 4.78 is 16.9. The Morgan fingerprint density at radius 2 is 0.567 bits per heavy atom. The van der Waals surface area contributed by atoms with Crippen LogP contribution in [0.25, 0.3) is 0 Å². The summed E-state index contributed by atoms with van der Waals surface area (Å²) in [7, 11) is 0. The van der Waals surface area contributed by atoms with Crippen LogP contribution in [0.4, 0.5) is 0 Å². The summed E-state index contributed by atoms with van der Waals surface area (Å²) in [4.78, 5) is 38.2. The highest BCUT2D eigenvalue weighted by molar-refractivity contribution is 5.71. The van der Waals surface area contributed by atoms with Gasteiger partial charge >= 0.3 is 17.9 Å². The van der Waals surface area contributed by atoms with Crippen LogP contribution in [-0.2, 0) is 28.6 Å². The van der Waals surface area contributed by atoms with E-state index in [9.17, 15) is 14.4 Å². The lowest BCUT2D eigenvalue weighted by Gasteiger charge is -2.18. The molecular formula is C61H118O6. The summed E-state index contributed by atoms with van der Waals surface area (Å²) in [5, 5.41) is 0. The Balaban J connectivity index is 4.29. The molecule has 1 unspecified atom stereocenters. The van der Waals surface area contributed by atoms with Crippen LogP contribution in [0.2, 0.25) is 0 Å². The van der Waals surface area contributed by atoms with Crippen LogP contribution in [0.3, 0.4) is 0 Å². The first kappa shape index (κ1) is 65.4. The second kappa shape index (κ2) is 53.8. The van der Waals surface area contributed by atoms with E-state index in [1.54, 1.807) is 0 Å². The van der Waals surface area contributed by atoms with Gasteiger partial charge in [0.05, 0.1) is 0 Å². The average Bonchev–Trinajstić information content (AvgIpc) is 3.31. The molecule has 0 aliphatic rings. The van der Waals surface area contributed by atoms with Crippen LogP contribution in [0, 0.1) is 11.8 Å². The Hall–Kier alpha value is -1.59. The molecule has 0 amide bonds. The van der Waals surface area contributed by atoms with Crippen molar-refractivity contribution in [1.82, 2.24) is 0 Å². The van der Waals surface area contributed by atoms with Crippen molar-refractivity contribution < 1.29 is 28.6 Å². The van der Waals surface area contributed by atoms with Crippen molar-refractivity contribution >= 4 is 17.9 Å². The van der Waals surface area contributed by atoms with Gasteiger partial charge in [-0.2, -0.15) is 0 Å². The van der Waals surface area contributed by atoms with Crippen LogP contribution in [0.15, 0.2) is 0 Å². The normalized spacial score (nSPS) is 12.4. The van der Waals surface area contributed by atoms with Gasteiger partial charge in [0.2, 0.25) is 0 Å². The second-order valence-electron chi connectivity index (χ2n) is 21.7. The minimum Gasteiger partial charge on any atom is -0.462 e. The first-order chi connectivity index (χ1) is 32.8. The highest BCUT2D eigenvalue weighted by Crippen LogP contribution is 2.19. The van der Waals surface area contributed by atoms with Crippen LogP contribution >= 0.6 is 0 Å². The summed E-state index contributed by atoms with van der Waals surface area (Å²) in [5.74, 6) is 0.904. The van der Waals surface area contributed by atoms with Crippen molar-refractivity contribution in [3.8, 4) is 0 Å². The standard InChI is InChI=1S/C61H118O6/c1-6-8-9-10-11-12-13-14-21-26-31-36-41-46-51-59(62)65-54-58(67-61(64)53-48-43-38-33-28-23-17-15-19-24-29-34-39-44-49-56(3)4)55-66-60(63)52-47-42-37-32-27-22-18-16-20-25-30-35-40-45-50-57(5)7-2/h56-58H,6-55H2,1-5H3/t57?,58-/m1/s1. The first-order valence-electron chi connectivity index (χ1n) is 30.3. The molecule has 2 atom stereocenters. The van der Waals surface area contributed by atoms with E-state index in [0.29, 0.717) is 19.3 Å². The Morgan fingerprint density at radius 3 is 0.851 bits per heavy atom. The van der Waals surface area contributed by atoms with Crippen molar-refractivity contribution in [2.75, 3.05) is 13.2 Å². The van der Waals surface area contributed by atoms with Crippen molar-refractivity contribution in [1.29, 1.82) is 0 Å². The smallest absolute Gasteiger partial charge is 0.306 e. The first-order valence-corrected chi connectivity index (χ1v) is 30.3. The quantitative estimate of drug-likeness (QED) is 0.0343. The zero-order chi connectivity index (χ0) is 48.9. The van der Waals surface area contributed by atoms with Crippen molar-refractivity contribution in [3.05, 3.63) is 0 Å². The molecule has 0 aliphatic heterocycles. The van der Waals surface area contributed by atoms with E-state index < -0.39 is 6.10 Å². The van der Waals surface area contributed by atoms with Gasteiger partial charge < -0.3 is 14.2 Å². The van der Waals surface area contributed by atoms with Crippen molar-refractivity contribution in [2.24, 2.45) is 11.8 Å². The van der Waals surface area contributed by atoms with Gasteiger partial charge in [-0.3, -0.25) is 14.4 Å². The lowest BCUT2D eigenvalue weighted by atomic mass is 9.99. The summed E-state index contributed by atoms with van der Waals surface area (Å²) >= 11 is 0. The molecule has 0 heterocycles. The molecule has 0 saturated heterocycles. The maximum absolute atomic E-state index is 12.9. The van der Waals surface area contributed by atoms with Crippen LogP contribution in [0.5, 0.6) is 0 Å². The lowest BCUT2D eigenvalue weighted by Crippen LogP contribution is -2.30. The van der Waals surface area contributed by atoms with Crippen molar-refractivity contribution in [2.45, 2.75) is 349 Å². The summed E-state index contributed by atoms with van der Waals surface area (Å²) in [6.07, 6.45) is 58.0. The molecule has 0 aromatic heterocycles. The second-order valence-corrected chi connectivity index (χ2v) is 21.7. The van der Waals surface area contributed by atoms with Crippen LogP contribution < -0.4 is 0 Å². The van der Waals surface area contributed by atoms with E-state index in [2.05, 4.69) is 34.6 Å². The van der Waals surface area contributed by atoms with Gasteiger partial charge in [0.25, 0.3) is 0 Å². The average molecular weight is 948 g/mol. The molecule has 0 spiro atoms. The van der Waals surface area contributed by atoms with Crippen LogP contribution in [0.1, 0.15) is 343 Å². The van der Waals surface area contributed by atoms with E-state index >= 15 is 0 Å². The Labute approximate surface area is 418 Å². The van der Waals surface area contributed by atoms with E-state index in [0.717, 1.165) is 69.6 Å². The van der Waals surface area contributed by atoms with Gasteiger partial charge in [0, 0.05) is 19.3 Å². The zero-order valence-corrected chi connectivity index (χ0v) is 46.0. The number of rotatable bonds is 55. The number of carbonyl (C=O) groups is 3. The van der Waals surface area contributed by atoms with Gasteiger partial charge in [0.1, 0.15) is 13.2 Å². The molecule has 0 aliphatic carbocycles. The number of esters is 3. The molecule has 6 heteroatoms. The van der Waals surface area contributed by atoms with Gasteiger partial charge in [0.15, 0.2) is 6.10 Å². The van der Waals surface area contributed by atoms with Gasteiger partial charge in [-0.15, -0.1) is 0 Å². The molecule has 0 aromatic rings. The van der Waals surface area contributed by atoms with E-state index in [-0.39, 0.29) is 31.1 Å². The Kier molecular flexibility index (Phi) is 52.5. The largest absolute Gasteiger partial charge is 0.462 e. The number of ether oxygens (including phenoxy) is 3. The molecule has 0 fully saturated rings. The van der Waals surface area contributed by atoms with Gasteiger partial charge in [-0.1, -0.05) is 304 Å². The Bertz CT molecular complexity index is 1030. The monoisotopic (exact) mass is 947 g/mol.